The van der Waals surface area contributed by atoms with Crippen molar-refractivity contribution in [3.05, 3.63) is 41.7 Å². The molecule has 1 heterocycles. The molecule has 0 saturated carbocycles. The second kappa shape index (κ2) is 6.36. The number of hydrogen-bond acceptors (Lipinski definition) is 5. The van der Waals surface area contributed by atoms with Crippen LogP contribution < -0.4 is 10.5 Å². The highest BCUT2D eigenvalue weighted by Crippen LogP contribution is 2.21. The molecule has 0 unspecified atom stereocenters. The maximum atomic E-state index is 11.7. The number of carbonyl (C=O) groups excluding carboxylic acids is 1. The quantitative estimate of drug-likeness (QED) is 0.669. The Bertz CT molecular complexity index is 682. The largest absolute Gasteiger partial charge is 0.497 e. The van der Waals surface area contributed by atoms with E-state index in [9.17, 15) is 4.79 Å². The van der Waals surface area contributed by atoms with Gasteiger partial charge in [-0.3, -0.25) is 0 Å². The Balaban J connectivity index is 2.45. The first-order valence-corrected chi connectivity index (χ1v) is 6.67. The summed E-state index contributed by atoms with van der Waals surface area (Å²) >= 11 is 5.03. The molecule has 1 aromatic heterocycles. The standard InChI is InChI=1S/C14H15N3O3S/c1-3-20-14(18)9-7-16-17(8-9)12-6-10(19-2)4-5-11(12)13(15)21/h4-8H,3H2,1-2H3,(H2,15,21). The monoisotopic (exact) mass is 305 g/mol. The van der Waals surface area contributed by atoms with E-state index in [2.05, 4.69) is 5.10 Å². The second-order valence-electron chi connectivity index (χ2n) is 4.14. The van der Waals surface area contributed by atoms with Crippen LogP contribution in [0, 0.1) is 0 Å². The summed E-state index contributed by atoms with van der Waals surface area (Å²) in [6.45, 7) is 2.05. The molecule has 1 aromatic carbocycles. The fourth-order valence-electron chi connectivity index (χ4n) is 1.81. The van der Waals surface area contributed by atoms with Gasteiger partial charge in [0.25, 0.3) is 0 Å². The molecule has 0 aliphatic rings. The molecule has 0 aliphatic carbocycles. The van der Waals surface area contributed by atoms with Crippen molar-refractivity contribution in [1.82, 2.24) is 9.78 Å². The first kappa shape index (κ1) is 15.0. The molecule has 0 bridgehead atoms. The number of thiocarbonyl (C=S) groups is 1. The van der Waals surface area contributed by atoms with Crippen molar-refractivity contribution in [3.8, 4) is 11.4 Å². The van der Waals surface area contributed by atoms with Gasteiger partial charge in [-0.2, -0.15) is 5.10 Å². The minimum atomic E-state index is -0.427. The smallest absolute Gasteiger partial charge is 0.341 e. The van der Waals surface area contributed by atoms with E-state index >= 15 is 0 Å². The van der Waals surface area contributed by atoms with Crippen LogP contribution in [0.15, 0.2) is 30.6 Å². The third-order valence-corrected chi connectivity index (χ3v) is 3.03. The van der Waals surface area contributed by atoms with Crippen LogP contribution in [0.1, 0.15) is 22.8 Å². The first-order valence-electron chi connectivity index (χ1n) is 6.26. The maximum Gasteiger partial charge on any atom is 0.341 e. The van der Waals surface area contributed by atoms with E-state index in [0.717, 1.165) is 0 Å². The van der Waals surface area contributed by atoms with E-state index in [0.29, 0.717) is 29.2 Å². The van der Waals surface area contributed by atoms with Crippen LogP contribution in [0.2, 0.25) is 0 Å². The zero-order valence-corrected chi connectivity index (χ0v) is 12.5. The maximum absolute atomic E-state index is 11.7. The van der Waals surface area contributed by atoms with E-state index < -0.39 is 5.97 Å². The Kier molecular flexibility index (Phi) is 4.54. The van der Waals surface area contributed by atoms with E-state index in [1.165, 1.54) is 10.9 Å². The van der Waals surface area contributed by atoms with Crippen molar-refractivity contribution in [1.29, 1.82) is 0 Å². The molecule has 2 rings (SSSR count). The third-order valence-electron chi connectivity index (χ3n) is 2.81. The summed E-state index contributed by atoms with van der Waals surface area (Å²) in [5.74, 6) is 0.210. The number of nitrogens with two attached hydrogens (primary N) is 1. The van der Waals surface area contributed by atoms with Gasteiger partial charge in [0.1, 0.15) is 10.7 Å². The van der Waals surface area contributed by atoms with Gasteiger partial charge < -0.3 is 15.2 Å². The van der Waals surface area contributed by atoms with Gasteiger partial charge in [0, 0.05) is 17.8 Å². The van der Waals surface area contributed by atoms with Crippen LogP contribution >= 0.6 is 12.2 Å². The molecule has 21 heavy (non-hydrogen) atoms. The molecule has 7 heteroatoms. The number of nitrogens with zero attached hydrogens (tertiary/aromatic N) is 2. The molecule has 2 N–H and O–H groups in total. The summed E-state index contributed by atoms with van der Waals surface area (Å²) in [7, 11) is 1.56. The Morgan fingerprint density at radius 2 is 2.24 bits per heavy atom. The highest BCUT2D eigenvalue weighted by molar-refractivity contribution is 7.80. The fraction of sp³-hybridized carbons (Fsp3) is 0.214. The number of esters is 1. The lowest BCUT2D eigenvalue weighted by Crippen LogP contribution is -2.13. The zero-order chi connectivity index (χ0) is 15.4. The minimum Gasteiger partial charge on any atom is -0.497 e. The molecule has 0 amide bonds. The molecular weight excluding hydrogens is 290 g/mol. The third kappa shape index (κ3) is 3.19. The summed E-state index contributed by atoms with van der Waals surface area (Å²) in [6.07, 6.45) is 3.00. The normalized spacial score (nSPS) is 10.2. The average Bonchev–Trinajstić information content (AvgIpc) is 2.96. The van der Waals surface area contributed by atoms with Crippen molar-refractivity contribution >= 4 is 23.2 Å². The first-order chi connectivity index (χ1) is 10.1. The van der Waals surface area contributed by atoms with Crippen LogP contribution in [-0.2, 0) is 4.74 Å². The molecule has 0 atom stereocenters. The van der Waals surface area contributed by atoms with Crippen molar-refractivity contribution in [3.63, 3.8) is 0 Å². The summed E-state index contributed by atoms with van der Waals surface area (Å²) in [5, 5.41) is 4.15. The Hall–Kier alpha value is -2.41. The predicted octanol–water partition coefficient (Wildman–Crippen LogP) is 1.69. The lowest BCUT2D eigenvalue weighted by Gasteiger charge is -2.10. The number of hydrogen-bond donors (Lipinski definition) is 1. The fourth-order valence-corrected chi connectivity index (χ4v) is 1.98. The molecule has 110 valence electrons. The summed E-state index contributed by atoms with van der Waals surface area (Å²) in [5.41, 5.74) is 7.35. The van der Waals surface area contributed by atoms with Gasteiger partial charge >= 0.3 is 5.97 Å². The van der Waals surface area contributed by atoms with Crippen molar-refractivity contribution in [2.45, 2.75) is 6.92 Å². The Labute approximate surface area is 127 Å². The molecule has 0 spiro atoms. The Morgan fingerprint density at radius 1 is 1.48 bits per heavy atom. The number of benzene rings is 1. The molecule has 0 fully saturated rings. The van der Waals surface area contributed by atoms with Gasteiger partial charge in [-0.05, 0) is 19.1 Å². The molecule has 2 aromatic rings. The zero-order valence-electron chi connectivity index (χ0n) is 11.7. The van der Waals surface area contributed by atoms with Crippen molar-refractivity contribution in [2.75, 3.05) is 13.7 Å². The van der Waals surface area contributed by atoms with Crippen LogP contribution in [0.4, 0.5) is 0 Å². The number of carbonyl (C=O) groups is 1. The van der Waals surface area contributed by atoms with Gasteiger partial charge in [-0.1, -0.05) is 12.2 Å². The van der Waals surface area contributed by atoms with Gasteiger partial charge in [0.15, 0.2) is 0 Å². The van der Waals surface area contributed by atoms with E-state index in [1.807, 2.05) is 0 Å². The molecule has 0 aliphatic heterocycles. The summed E-state index contributed by atoms with van der Waals surface area (Å²) < 4.78 is 11.6. The minimum absolute atomic E-state index is 0.237. The molecule has 0 radical (unpaired) electrons. The predicted molar refractivity (Wildman–Crippen MR) is 82.0 cm³/mol. The number of ether oxygens (including phenoxy) is 2. The SMILES string of the molecule is CCOC(=O)c1cnn(-c2cc(OC)ccc2C(N)=S)c1. The van der Waals surface area contributed by atoms with E-state index in [-0.39, 0.29) is 4.99 Å². The van der Waals surface area contributed by atoms with Crippen LogP contribution in [0.3, 0.4) is 0 Å². The highest BCUT2D eigenvalue weighted by atomic mass is 32.1. The van der Waals surface area contributed by atoms with Gasteiger partial charge in [0.05, 0.1) is 31.2 Å². The van der Waals surface area contributed by atoms with E-state index in [4.69, 9.17) is 27.4 Å². The summed E-state index contributed by atoms with van der Waals surface area (Å²) in [6, 6.07) is 5.26. The van der Waals surface area contributed by atoms with Crippen LogP contribution in [0.5, 0.6) is 5.75 Å². The number of methoxy groups -OCH3 is 1. The molecule has 6 nitrogen and oxygen atoms in total. The average molecular weight is 305 g/mol. The Morgan fingerprint density at radius 3 is 2.86 bits per heavy atom. The van der Waals surface area contributed by atoms with Crippen LogP contribution in [0.25, 0.3) is 5.69 Å². The van der Waals surface area contributed by atoms with Crippen LogP contribution in [-0.4, -0.2) is 34.5 Å². The van der Waals surface area contributed by atoms with Crippen molar-refractivity contribution < 1.29 is 14.3 Å². The van der Waals surface area contributed by atoms with Gasteiger partial charge in [0.2, 0.25) is 0 Å². The van der Waals surface area contributed by atoms with Gasteiger partial charge in [-0.25, -0.2) is 9.48 Å². The lowest BCUT2D eigenvalue weighted by molar-refractivity contribution is 0.0526. The molecule has 0 saturated heterocycles. The van der Waals surface area contributed by atoms with Crippen molar-refractivity contribution in [2.24, 2.45) is 5.73 Å². The van der Waals surface area contributed by atoms with Gasteiger partial charge in [-0.15, -0.1) is 0 Å². The topological polar surface area (TPSA) is 79.4 Å². The lowest BCUT2D eigenvalue weighted by atomic mass is 10.1. The number of aromatic nitrogens is 2. The summed E-state index contributed by atoms with van der Waals surface area (Å²) in [4.78, 5) is 11.9. The van der Waals surface area contributed by atoms with E-state index in [1.54, 1.807) is 38.4 Å². The number of rotatable bonds is 5. The second-order valence-corrected chi connectivity index (χ2v) is 4.58. The highest BCUT2D eigenvalue weighted by Gasteiger charge is 2.14. The molecular formula is C14H15N3O3S.